The van der Waals surface area contributed by atoms with Crippen LogP contribution < -0.4 is 0 Å². The molecule has 0 atom stereocenters. The van der Waals surface area contributed by atoms with E-state index in [1.165, 1.54) is 7.11 Å². The van der Waals surface area contributed by atoms with Crippen LogP contribution in [0.3, 0.4) is 0 Å². The number of benzene rings is 2. The molecule has 2 aromatic rings. The number of amides is 1. The second-order valence-corrected chi connectivity index (χ2v) is 14.1. The van der Waals surface area contributed by atoms with Gasteiger partial charge < -0.3 is 14.1 Å². The molecule has 0 heterocycles. The lowest BCUT2D eigenvalue weighted by molar-refractivity contribution is -0.131. The molecule has 0 unspecified atom stereocenters. The van der Waals surface area contributed by atoms with Gasteiger partial charge in [0.1, 0.15) is 0 Å². The number of ether oxygens (including phenoxy) is 1. The average Bonchev–Trinajstić information content (AvgIpc) is 2.72. The summed E-state index contributed by atoms with van der Waals surface area (Å²) in [7, 11) is -0.521. The number of hydrogen-bond donors (Lipinski definition) is 0. The Morgan fingerprint density at radius 2 is 1.55 bits per heavy atom. The summed E-state index contributed by atoms with van der Waals surface area (Å²) in [5.41, 5.74) is 2.42. The molecule has 0 aliphatic rings. The smallest absolute Gasteiger partial charge is 0.337 e. The molecule has 0 aliphatic heterocycles. The summed E-state index contributed by atoms with van der Waals surface area (Å²) >= 11 is 0. The SMILES string of the molecule is COC(=O)c1ccc(CC(=O)N(CCO[Si](C)(C)C(C)(C)C)Cc2ccccc2)cc1. The van der Waals surface area contributed by atoms with Crippen molar-refractivity contribution < 1.29 is 18.8 Å². The molecule has 6 heteroatoms. The third-order valence-electron chi connectivity index (χ3n) is 5.93. The normalized spacial score (nSPS) is 11.8. The van der Waals surface area contributed by atoms with Crippen molar-refractivity contribution in [1.82, 2.24) is 4.90 Å². The number of nitrogens with zero attached hydrogens (tertiary/aromatic N) is 1. The second kappa shape index (κ2) is 10.7. The Hall–Kier alpha value is -2.44. The number of hydrogen-bond acceptors (Lipinski definition) is 4. The molecule has 1 amide bonds. The van der Waals surface area contributed by atoms with Gasteiger partial charge in [-0.3, -0.25) is 4.79 Å². The molecule has 2 aromatic carbocycles. The van der Waals surface area contributed by atoms with Crippen LogP contribution in [0, 0.1) is 0 Å². The van der Waals surface area contributed by atoms with Crippen LogP contribution in [0.1, 0.15) is 42.3 Å². The van der Waals surface area contributed by atoms with E-state index in [4.69, 9.17) is 9.16 Å². The molecular weight excluding hydrogens is 406 g/mol. The molecule has 0 bridgehead atoms. The van der Waals surface area contributed by atoms with Crippen molar-refractivity contribution in [3.63, 3.8) is 0 Å². The van der Waals surface area contributed by atoms with Crippen molar-refractivity contribution in [2.24, 2.45) is 0 Å². The topological polar surface area (TPSA) is 55.8 Å². The monoisotopic (exact) mass is 441 g/mol. The van der Waals surface area contributed by atoms with Gasteiger partial charge in [-0.15, -0.1) is 0 Å². The lowest BCUT2D eigenvalue weighted by Crippen LogP contribution is -2.43. The molecule has 0 spiro atoms. The number of esters is 1. The van der Waals surface area contributed by atoms with E-state index < -0.39 is 8.32 Å². The number of carbonyl (C=O) groups excluding carboxylic acids is 2. The van der Waals surface area contributed by atoms with Gasteiger partial charge in [0.25, 0.3) is 0 Å². The molecular formula is C25H35NO4Si. The first-order valence-electron chi connectivity index (χ1n) is 10.7. The van der Waals surface area contributed by atoms with Crippen molar-refractivity contribution in [3.8, 4) is 0 Å². The third-order valence-corrected chi connectivity index (χ3v) is 10.5. The van der Waals surface area contributed by atoms with Crippen molar-refractivity contribution in [2.75, 3.05) is 20.3 Å². The van der Waals surface area contributed by atoms with Gasteiger partial charge in [0.05, 0.1) is 25.7 Å². The standard InChI is InChI=1S/C25H35NO4Si/c1-25(2,3)31(5,6)30-17-16-26(19-21-10-8-7-9-11-21)23(27)18-20-12-14-22(15-13-20)24(28)29-4/h7-15H,16-19H2,1-6H3. The van der Waals surface area contributed by atoms with E-state index in [2.05, 4.69) is 33.9 Å². The maximum atomic E-state index is 13.1. The van der Waals surface area contributed by atoms with E-state index in [1.54, 1.807) is 24.3 Å². The van der Waals surface area contributed by atoms with E-state index in [-0.39, 0.29) is 23.3 Å². The summed E-state index contributed by atoms with van der Waals surface area (Å²) in [6.45, 7) is 12.7. The van der Waals surface area contributed by atoms with Crippen LogP contribution in [0.5, 0.6) is 0 Å². The zero-order valence-electron chi connectivity index (χ0n) is 19.6. The summed E-state index contributed by atoms with van der Waals surface area (Å²) in [6.07, 6.45) is 0.272. The molecule has 5 nitrogen and oxygen atoms in total. The highest BCUT2D eigenvalue weighted by Gasteiger charge is 2.37. The first kappa shape index (κ1) is 24.8. The Morgan fingerprint density at radius 3 is 2.10 bits per heavy atom. The van der Waals surface area contributed by atoms with Crippen LogP contribution in [-0.4, -0.2) is 45.4 Å². The number of carbonyl (C=O) groups is 2. The molecule has 0 aromatic heterocycles. The van der Waals surface area contributed by atoms with Crippen LogP contribution in [0.4, 0.5) is 0 Å². The maximum absolute atomic E-state index is 13.1. The minimum atomic E-state index is -1.88. The summed E-state index contributed by atoms with van der Waals surface area (Å²) in [5.74, 6) is -0.347. The van der Waals surface area contributed by atoms with Crippen LogP contribution >= 0.6 is 0 Å². The predicted octanol–water partition coefficient (Wildman–Crippen LogP) is 5.07. The zero-order valence-corrected chi connectivity index (χ0v) is 20.6. The summed E-state index contributed by atoms with van der Waals surface area (Å²) in [5, 5.41) is 0.128. The van der Waals surface area contributed by atoms with Gasteiger partial charge in [-0.1, -0.05) is 63.2 Å². The Balaban J connectivity index is 2.08. The molecule has 0 saturated carbocycles. The molecule has 0 N–H and O–H groups in total. The van der Waals surface area contributed by atoms with Crippen LogP contribution in [0.2, 0.25) is 18.1 Å². The number of rotatable bonds is 9. The van der Waals surface area contributed by atoms with Gasteiger partial charge in [0.2, 0.25) is 5.91 Å². The first-order chi connectivity index (χ1) is 14.5. The summed E-state index contributed by atoms with van der Waals surface area (Å²) < 4.78 is 11.0. The highest BCUT2D eigenvalue weighted by molar-refractivity contribution is 6.74. The van der Waals surface area contributed by atoms with Crippen molar-refractivity contribution >= 4 is 20.2 Å². The first-order valence-corrected chi connectivity index (χ1v) is 13.6. The quantitative estimate of drug-likeness (QED) is 0.403. The molecule has 2 rings (SSSR count). The second-order valence-electron chi connectivity index (χ2n) is 9.27. The van der Waals surface area contributed by atoms with Gasteiger partial charge in [0.15, 0.2) is 8.32 Å². The molecule has 0 fully saturated rings. The lowest BCUT2D eigenvalue weighted by atomic mass is 10.1. The van der Waals surface area contributed by atoms with Crippen LogP contribution in [-0.2, 0) is 26.9 Å². The highest BCUT2D eigenvalue weighted by atomic mass is 28.4. The predicted molar refractivity (Wildman–Crippen MR) is 126 cm³/mol. The van der Waals surface area contributed by atoms with Crippen molar-refractivity contribution in [2.45, 2.75) is 51.9 Å². The Kier molecular flexibility index (Phi) is 8.59. The van der Waals surface area contributed by atoms with E-state index in [0.717, 1.165) is 11.1 Å². The minimum Gasteiger partial charge on any atom is -0.465 e. The maximum Gasteiger partial charge on any atom is 0.337 e. The van der Waals surface area contributed by atoms with E-state index in [0.29, 0.717) is 25.3 Å². The molecule has 168 valence electrons. The van der Waals surface area contributed by atoms with E-state index >= 15 is 0 Å². The third kappa shape index (κ3) is 7.33. The van der Waals surface area contributed by atoms with E-state index in [9.17, 15) is 9.59 Å². The van der Waals surface area contributed by atoms with Gasteiger partial charge >= 0.3 is 5.97 Å². The van der Waals surface area contributed by atoms with Crippen molar-refractivity contribution in [1.29, 1.82) is 0 Å². The van der Waals surface area contributed by atoms with Gasteiger partial charge in [-0.25, -0.2) is 4.79 Å². The fraction of sp³-hybridized carbons (Fsp3) is 0.440. The Labute approximate surface area is 187 Å². The number of methoxy groups -OCH3 is 1. The van der Waals surface area contributed by atoms with Gasteiger partial charge in [0, 0.05) is 13.1 Å². The molecule has 31 heavy (non-hydrogen) atoms. The summed E-state index contributed by atoms with van der Waals surface area (Å²) in [6, 6.07) is 17.0. The Morgan fingerprint density at radius 1 is 0.935 bits per heavy atom. The molecule has 0 radical (unpaired) electrons. The van der Waals surface area contributed by atoms with Crippen LogP contribution in [0.15, 0.2) is 54.6 Å². The average molecular weight is 442 g/mol. The Bertz CT molecular complexity index is 857. The largest absolute Gasteiger partial charge is 0.465 e. The molecule has 0 aliphatic carbocycles. The fourth-order valence-corrected chi connectivity index (χ4v) is 3.92. The van der Waals surface area contributed by atoms with Crippen molar-refractivity contribution in [3.05, 3.63) is 71.3 Å². The van der Waals surface area contributed by atoms with Crippen LogP contribution in [0.25, 0.3) is 0 Å². The minimum absolute atomic E-state index is 0.0357. The fourth-order valence-electron chi connectivity index (χ4n) is 2.89. The lowest BCUT2D eigenvalue weighted by Gasteiger charge is -2.37. The van der Waals surface area contributed by atoms with E-state index in [1.807, 2.05) is 35.2 Å². The zero-order chi connectivity index (χ0) is 23.1. The van der Waals surface area contributed by atoms with Gasteiger partial charge in [-0.2, -0.15) is 0 Å². The summed E-state index contributed by atoms with van der Waals surface area (Å²) in [4.78, 5) is 26.6. The molecule has 0 saturated heterocycles. The highest BCUT2D eigenvalue weighted by Crippen LogP contribution is 2.36. The van der Waals surface area contributed by atoms with Gasteiger partial charge in [-0.05, 0) is 41.4 Å².